The number of aromatic nitrogens is 2. The predicted molar refractivity (Wildman–Crippen MR) is 58.2 cm³/mol. The lowest BCUT2D eigenvalue weighted by Crippen LogP contribution is -2.06. The van der Waals surface area contributed by atoms with Gasteiger partial charge in [0.05, 0.1) is 5.69 Å². The molecule has 1 N–H and O–H groups in total. The van der Waals surface area contributed by atoms with Crippen LogP contribution in [0.4, 0.5) is 0 Å². The molecule has 3 rings (SSSR count). The largest absolute Gasteiger partial charge is 0.504 e. The standard InChI is InChI=1S/C12H18N2O/c1-7(2)14-11(9-5-6-9)12(15)10(13-14)8-3-4-8/h7-9,15H,3-6H2,1-2H3. The second kappa shape index (κ2) is 3.00. The summed E-state index contributed by atoms with van der Waals surface area (Å²) in [6, 6.07) is 0.360. The maximum absolute atomic E-state index is 10.2. The van der Waals surface area contributed by atoms with Crippen LogP contribution < -0.4 is 0 Å². The van der Waals surface area contributed by atoms with E-state index in [0.717, 1.165) is 11.4 Å². The summed E-state index contributed by atoms with van der Waals surface area (Å²) < 4.78 is 2.04. The van der Waals surface area contributed by atoms with Crippen LogP contribution in [0.15, 0.2) is 0 Å². The third-order valence-electron chi connectivity index (χ3n) is 3.36. The highest BCUT2D eigenvalue weighted by Gasteiger charge is 2.37. The Morgan fingerprint density at radius 1 is 1.20 bits per heavy atom. The van der Waals surface area contributed by atoms with Crippen molar-refractivity contribution >= 4 is 0 Å². The van der Waals surface area contributed by atoms with Crippen LogP contribution in [0.25, 0.3) is 0 Å². The van der Waals surface area contributed by atoms with E-state index in [9.17, 15) is 5.11 Å². The van der Waals surface area contributed by atoms with Crippen molar-refractivity contribution in [3.05, 3.63) is 11.4 Å². The van der Waals surface area contributed by atoms with E-state index in [-0.39, 0.29) is 0 Å². The van der Waals surface area contributed by atoms with Crippen molar-refractivity contribution < 1.29 is 5.11 Å². The minimum atomic E-state index is 0.360. The fourth-order valence-electron chi connectivity index (χ4n) is 2.22. The molecule has 0 aliphatic heterocycles. The van der Waals surface area contributed by atoms with Gasteiger partial charge >= 0.3 is 0 Å². The van der Waals surface area contributed by atoms with Crippen molar-refractivity contribution in [1.29, 1.82) is 0 Å². The molecule has 0 aromatic carbocycles. The summed E-state index contributed by atoms with van der Waals surface area (Å²) in [5.74, 6) is 1.63. The molecule has 0 bridgehead atoms. The lowest BCUT2D eigenvalue weighted by molar-refractivity contribution is 0.452. The molecule has 0 unspecified atom stereocenters. The number of rotatable bonds is 3. The highest BCUT2D eigenvalue weighted by Crippen LogP contribution is 2.50. The van der Waals surface area contributed by atoms with Crippen LogP contribution in [-0.4, -0.2) is 14.9 Å². The number of aromatic hydroxyl groups is 1. The molecule has 3 heteroatoms. The molecule has 0 atom stereocenters. The zero-order valence-corrected chi connectivity index (χ0v) is 9.40. The Bertz CT molecular complexity index is 387. The summed E-state index contributed by atoms with van der Waals surface area (Å²) in [5.41, 5.74) is 2.07. The van der Waals surface area contributed by atoms with Crippen molar-refractivity contribution in [1.82, 2.24) is 9.78 Å². The first kappa shape index (κ1) is 9.25. The second-order valence-electron chi connectivity index (χ2n) is 5.21. The van der Waals surface area contributed by atoms with Crippen LogP contribution in [0.3, 0.4) is 0 Å². The van der Waals surface area contributed by atoms with Gasteiger partial charge in [0.15, 0.2) is 5.75 Å². The summed E-state index contributed by atoms with van der Waals surface area (Å²) in [5, 5.41) is 14.8. The van der Waals surface area contributed by atoms with Crippen molar-refractivity contribution in [2.45, 2.75) is 57.4 Å². The molecule has 2 aliphatic carbocycles. The first-order chi connectivity index (χ1) is 7.18. The molecule has 2 fully saturated rings. The third-order valence-corrected chi connectivity index (χ3v) is 3.36. The SMILES string of the molecule is CC(C)n1nc(C2CC2)c(O)c1C1CC1. The molecule has 82 valence electrons. The lowest BCUT2D eigenvalue weighted by atomic mass is 10.2. The van der Waals surface area contributed by atoms with Gasteiger partial charge in [-0.3, -0.25) is 4.68 Å². The van der Waals surface area contributed by atoms with Crippen molar-refractivity contribution in [3.63, 3.8) is 0 Å². The highest BCUT2D eigenvalue weighted by molar-refractivity contribution is 5.40. The molecule has 2 saturated carbocycles. The van der Waals surface area contributed by atoms with Gasteiger partial charge in [-0.1, -0.05) is 0 Å². The molecule has 0 saturated heterocycles. The molecule has 1 heterocycles. The molecule has 0 spiro atoms. The molecule has 3 nitrogen and oxygen atoms in total. The Morgan fingerprint density at radius 3 is 2.27 bits per heavy atom. The topological polar surface area (TPSA) is 38.0 Å². The Labute approximate surface area is 90.1 Å². The molecule has 0 amide bonds. The van der Waals surface area contributed by atoms with Crippen LogP contribution in [0, 0.1) is 0 Å². The first-order valence-corrected chi connectivity index (χ1v) is 5.99. The zero-order chi connectivity index (χ0) is 10.6. The maximum atomic E-state index is 10.2. The minimum absolute atomic E-state index is 0.360. The molecular formula is C12H18N2O. The van der Waals surface area contributed by atoms with Crippen LogP contribution in [0.5, 0.6) is 5.75 Å². The monoisotopic (exact) mass is 206 g/mol. The first-order valence-electron chi connectivity index (χ1n) is 5.99. The van der Waals surface area contributed by atoms with Gasteiger partial charge in [0.25, 0.3) is 0 Å². The Kier molecular flexibility index (Phi) is 1.85. The molecule has 15 heavy (non-hydrogen) atoms. The van der Waals surface area contributed by atoms with Crippen LogP contribution in [-0.2, 0) is 0 Å². The van der Waals surface area contributed by atoms with E-state index < -0.39 is 0 Å². The zero-order valence-electron chi connectivity index (χ0n) is 9.40. The second-order valence-corrected chi connectivity index (χ2v) is 5.21. The fourth-order valence-corrected chi connectivity index (χ4v) is 2.22. The van der Waals surface area contributed by atoms with Gasteiger partial charge in [0.1, 0.15) is 5.69 Å². The Hall–Kier alpha value is -0.990. The van der Waals surface area contributed by atoms with Crippen LogP contribution in [0.2, 0.25) is 0 Å². The van der Waals surface area contributed by atoms with E-state index in [1.54, 1.807) is 0 Å². The molecule has 0 radical (unpaired) electrons. The van der Waals surface area contributed by atoms with E-state index in [1.165, 1.54) is 25.7 Å². The van der Waals surface area contributed by atoms with Gasteiger partial charge < -0.3 is 5.11 Å². The Morgan fingerprint density at radius 2 is 1.80 bits per heavy atom. The summed E-state index contributed by atoms with van der Waals surface area (Å²) in [6.07, 6.45) is 4.84. The van der Waals surface area contributed by atoms with Gasteiger partial charge in [-0.15, -0.1) is 0 Å². The number of hydrogen-bond acceptors (Lipinski definition) is 2. The summed E-state index contributed by atoms with van der Waals surface area (Å²) in [7, 11) is 0. The van der Waals surface area contributed by atoms with Gasteiger partial charge in [0.2, 0.25) is 0 Å². The number of hydrogen-bond donors (Lipinski definition) is 1. The quantitative estimate of drug-likeness (QED) is 0.825. The van der Waals surface area contributed by atoms with Crippen LogP contribution in [0.1, 0.15) is 68.8 Å². The highest BCUT2D eigenvalue weighted by atomic mass is 16.3. The average Bonchev–Trinajstić information content (AvgIpc) is 3.06. The fraction of sp³-hybridized carbons (Fsp3) is 0.750. The number of nitrogens with zero attached hydrogens (tertiary/aromatic N) is 2. The summed E-state index contributed by atoms with van der Waals surface area (Å²) in [6.45, 7) is 4.27. The van der Waals surface area contributed by atoms with Gasteiger partial charge in [-0.25, -0.2) is 0 Å². The van der Waals surface area contributed by atoms with Crippen molar-refractivity contribution in [2.75, 3.05) is 0 Å². The predicted octanol–water partition coefficient (Wildman–Crippen LogP) is 2.92. The third kappa shape index (κ3) is 1.45. The smallest absolute Gasteiger partial charge is 0.160 e. The summed E-state index contributed by atoms with van der Waals surface area (Å²) >= 11 is 0. The summed E-state index contributed by atoms with van der Waals surface area (Å²) in [4.78, 5) is 0. The van der Waals surface area contributed by atoms with E-state index >= 15 is 0 Å². The van der Waals surface area contributed by atoms with Gasteiger partial charge in [-0.05, 0) is 39.5 Å². The average molecular weight is 206 g/mol. The minimum Gasteiger partial charge on any atom is -0.504 e. The van der Waals surface area contributed by atoms with E-state index in [0.29, 0.717) is 23.6 Å². The van der Waals surface area contributed by atoms with Crippen LogP contribution >= 0.6 is 0 Å². The van der Waals surface area contributed by atoms with Crippen molar-refractivity contribution in [2.24, 2.45) is 0 Å². The van der Waals surface area contributed by atoms with Gasteiger partial charge in [0, 0.05) is 17.9 Å². The molecule has 1 aromatic rings. The molecule has 2 aliphatic rings. The maximum Gasteiger partial charge on any atom is 0.160 e. The van der Waals surface area contributed by atoms with E-state index in [1.807, 2.05) is 4.68 Å². The lowest BCUT2D eigenvalue weighted by Gasteiger charge is -2.09. The van der Waals surface area contributed by atoms with Crippen molar-refractivity contribution in [3.8, 4) is 5.75 Å². The van der Waals surface area contributed by atoms with E-state index in [4.69, 9.17) is 0 Å². The van der Waals surface area contributed by atoms with E-state index in [2.05, 4.69) is 18.9 Å². The Balaban J connectivity index is 2.07. The van der Waals surface area contributed by atoms with Gasteiger partial charge in [-0.2, -0.15) is 5.10 Å². The molecular weight excluding hydrogens is 188 g/mol. The normalized spacial score (nSPS) is 21.3. The molecule has 1 aromatic heterocycles.